The minimum atomic E-state index is -0.283. The average Bonchev–Trinajstić information content (AvgIpc) is 3.25. The van der Waals surface area contributed by atoms with E-state index in [2.05, 4.69) is 4.57 Å². The van der Waals surface area contributed by atoms with Gasteiger partial charge in [-0.1, -0.05) is 30.3 Å². The van der Waals surface area contributed by atoms with Crippen molar-refractivity contribution in [1.29, 1.82) is 0 Å². The van der Waals surface area contributed by atoms with Gasteiger partial charge in [0.15, 0.2) is 11.5 Å². The molecule has 2 heterocycles. The Kier molecular flexibility index (Phi) is 7.44. The third-order valence-corrected chi connectivity index (χ3v) is 6.50. The molecular weight excluding hydrogens is 444 g/mol. The standard InChI is InChI=1S/C28H32N2O5/c1-5-35-28(32)21-12-9-15-29(18-21)27(31)23-17-24(20-10-7-6-8-11-20)30(19(23)2)22-13-14-25(33-3)26(16-22)34-4/h6-8,10-11,13-14,16-17,21H,5,9,12,15,18H2,1-4H3. The maximum absolute atomic E-state index is 13.7. The summed E-state index contributed by atoms with van der Waals surface area (Å²) in [5.41, 5.74) is 4.19. The molecule has 0 spiro atoms. The number of piperidine rings is 1. The van der Waals surface area contributed by atoms with Crippen molar-refractivity contribution in [1.82, 2.24) is 9.47 Å². The maximum Gasteiger partial charge on any atom is 0.310 e. The molecular formula is C28H32N2O5. The van der Waals surface area contributed by atoms with Crippen molar-refractivity contribution >= 4 is 11.9 Å². The Labute approximate surface area is 206 Å². The topological polar surface area (TPSA) is 70.0 Å². The Morgan fingerprint density at radius 3 is 2.43 bits per heavy atom. The van der Waals surface area contributed by atoms with Crippen LogP contribution in [0.25, 0.3) is 16.9 Å². The fraction of sp³-hybridized carbons (Fsp3) is 0.357. The predicted octanol–water partition coefficient (Wildman–Crippen LogP) is 4.89. The van der Waals surface area contributed by atoms with E-state index in [9.17, 15) is 9.59 Å². The lowest BCUT2D eigenvalue weighted by Crippen LogP contribution is -2.43. The van der Waals surface area contributed by atoms with E-state index >= 15 is 0 Å². The molecule has 1 fully saturated rings. The fourth-order valence-electron chi connectivity index (χ4n) is 4.73. The monoisotopic (exact) mass is 476 g/mol. The summed E-state index contributed by atoms with van der Waals surface area (Å²) < 4.78 is 18.2. The molecule has 7 nitrogen and oxygen atoms in total. The Hall–Kier alpha value is -3.74. The number of hydrogen-bond acceptors (Lipinski definition) is 5. The molecule has 0 saturated carbocycles. The lowest BCUT2D eigenvalue weighted by molar-refractivity contribution is -0.149. The van der Waals surface area contributed by atoms with Crippen LogP contribution in [-0.2, 0) is 9.53 Å². The van der Waals surface area contributed by atoms with Gasteiger partial charge in [-0.3, -0.25) is 9.59 Å². The zero-order valence-corrected chi connectivity index (χ0v) is 20.7. The highest BCUT2D eigenvalue weighted by Crippen LogP contribution is 2.35. The van der Waals surface area contributed by atoms with Gasteiger partial charge in [0.05, 0.1) is 38.0 Å². The van der Waals surface area contributed by atoms with Crippen molar-refractivity contribution < 1.29 is 23.8 Å². The van der Waals surface area contributed by atoms with Gasteiger partial charge in [-0.05, 0) is 50.5 Å². The molecule has 35 heavy (non-hydrogen) atoms. The van der Waals surface area contributed by atoms with Crippen molar-refractivity contribution in [2.45, 2.75) is 26.7 Å². The molecule has 3 aromatic rings. The summed E-state index contributed by atoms with van der Waals surface area (Å²) >= 11 is 0. The number of carbonyl (C=O) groups is 2. The highest BCUT2D eigenvalue weighted by molar-refractivity contribution is 5.97. The van der Waals surface area contributed by atoms with Crippen LogP contribution in [0.5, 0.6) is 11.5 Å². The van der Waals surface area contributed by atoms with Gasteiger partial charge in [0.25, 0.3) is 5.91 Å². The quantitative estimate of drug-likeness (QED) is 0.455. The molecule has 1 saturated heterocycles. The van der Waals surface area contributed by atoms with Crippen LogP contribution < -0.4 is 9.47 Å². The molecule has 1 aromatic heterocycles. The number of esters is 1. The molecule has 2 aromatic carbocycles. The molecule has 1 atom stereocenters. The number of rotatable bonds is 7. The lowest BCUT2D eigenvalue weighted by Gasteiger charge is -2.31. The van der Waals surface area contributed by atoms with Crippen LogP contribution in [0.2, 0.25) is 0 Å². The highest BCUT2D eigenvalue weighted by Gasteiger charge is 2.31. The molecule has 1 unspecified atom stereocenters. The van der Waals surface area contributed by atoms with Crippen LogP contribution >= 0.6 is 0 Å². The Morgan fingerprint density at radius 2 is 1.74 bits per heavy atom. The highest BCUT2D eigenvalue weighted by atomic mass is 16.5. The summed E-state index contributed by atoms with van der Waals surface area (Å²) in [6.07, 6.45) is 1.51. The first-order valence-electron chi connectivity index (χ1n) is 11.9. The van der Waals surface area contributed by atoms with Crippen molar-refractivity contribution in [3.8, 4) is 28.4 Å². The van der Waals surface area contributed by atoms with E-state index in [-0.39, 0.29) is 17.8 Å². The minimum absolute atomic E-state index is 0.0760. The SMILES string of the molecule is CCOC(=O)C1CCCN(C(=O)c2cc(-c3ccccc3)n(-c3ccc(OC)c(OC)c3)c2C)C1. The van der Waals surface area contributed by atoms with Crippen LogP contribution in [0, 0.1) is 12.8 Å². The molecule has 1 aliphatic heterocycles. The molecule has 1 amide bonds. The van der Waals surface area contributed by atoms with E-state index in [0.29, 0.717) is 36.8 Å². The van der Waals surface area contributed by atoms with Gasteiger partial charge < -0.3 is 23.7 Å². The Morgan fingerprint density at radius 1 is 1.00 bits per heavy atom. The van der Waals surface area contributed by atoms with Gasteiger partial charge in [0, 0.05) is 30.5 Å². The summed E-state index contributed by atoms with van der Waals surface area (Å²) in [7, 11) is 3.21. The van der Waals surface area contributed by atoms with Crippen LogP contribution in [0.4, 0.5) is 0 Å². The van der Waals surface area contributed by atoms with E-state index in [0.717, 1.165) is 35.5 Å². The van der Waals surface area contributed by atoms with E-state index in [1.54, 1.807) is 26.0 Å². The first-order chi connectivity index (χ1) is 17.0. The van der Waals surface area contributed by atoms with E-state index in [1.807, 2.05) is 61.5 Å². The van der Waals surface area contributed by atoms with Gasteiger partial charge in [-0.25, -0.2) is 0 Å². The zero-order valence-electron chi connectivity index (χ0n) is 20.7. The Bertz CT molecular complexity index is 1200. The van der Waals surface area contributed by atoms with Gasteiger partial charge >= 0.3 is 5.97 Å². The second-order valence-corrected chi connectivity index (χ2v) is 8.61. The number of carbonyl (C=O) groups excluding carboxylic acids is 2. The predicted molar refractivity (Wildman–Crippen MR) is 134 cm³/mol. The Balaban J connectivity index is 1.76. The van der Waals surface area contributed by atoms with Gasteiger partial charge in [-0.2, -0.15) is 0 Å². The number of ether oxygens (including phenoxy) is 3. The number of aromatic nitrogens is 1. The van der Waals surface area contributed by atoms with Crippen LogP contribution in [0.1, 0.15) is 35.8 Å². The first-order valence-corrected chi connectivity index (χ1v) is 11.9. The van der Waals surface area contributed by atoms with Crippen LogP contribution in [-0.4, -0.2) is 55.3 Å². The summed E-state index contributed by atoms with van der Waals surface area (Å²) in [5.74, 6) is 0.659. The molecule has 4 rings (SSSR count). The number of methoxy groups -OCH3 is 2. The number of likely N-dealkylation sites (tertiary alicyclic amines) is 1. The number of amides is 1. The summed E-state index contributed by atoms with van der Waals surface area (Å²) in [4.78, 5) is 27.8. The van der Waals surface area contributed by atoms with Crippen molar-refractivity contribution in [2.75, 3.05) is 33.9 Å². The number of hydrogen-bond donors (Lipinski definition) is 0. The maximum atomic E-state index is 13.7. The summed E-state index contributed by atoms with van der Waals surface area (Å²) in [5, 5.41) is 0. The molecule has 0 aliphatic carbocycles. The minimum Gasteiger partial charge on any atom is -0.493 e. The smallest absolute Gasteiger partial charge is 0.310 e. The van der Waals surface area contributed by atoms with Gasteiger partial charge in [0.1, 0.15) is 0 Å². The molecule has 7 heteroatoms. The van der Waals surface area contributed by atoms with Gasteiger partial charge in [-0.15, -0.1) is 0 Å². The number of nitrogens with zero attached hydrogens (tertiary/aromatic N) is 2. The van der Waals surface area contributed by atoms with Crippen LogP contribution in [0.15, 0.2) is 54.6 Å². The second kappa shape index (κ2) is 10.7. The third kappa shape index (κ3) is 4.90. The normalized spacial score (nSPS) is 15.5. The first kappa shape index (κ1) is 24.4. The average molecular weight is 477 g/mol. The summed E-state index contributed by atoms with van der Waals surface area (Å²) in [6, 6.07) is 17.6. The molecule has 184 valence electrons. The van der Waals surface area contributed by atoms with Crippen molar-refractivity contribution in [2.24, 2.45) is 5.92 Å². The summed E-state index contributed by atoms with van der Waals surface area (Å²) in [6.45, 7) is 5.09. The molecule has 0 bridgehead atoms. The largest absolute Gasteiger partial charge is 0.493 e. The number of benzene rings is 2. The lowest BCUT2D eigenvalue weighted by atomic mass is 9.97. The van der Waals surface area contributed by atoms with Crippen molar-refractivity contribution in [3.63, 3.8) is 0 Å². The molecule has 0 radical (unpaired) electrons. The zero-order chi connectivity index (χ0) is 24.9. The van der Waals surface area contributed by atoms with Crippen molar-refractivity contribution in [3.05, 3.63) is 65.9 Å². The van der Waals surface area contributed by atoms with E-state index in [4.69, 9.17) is 14.2 Å². The fourth-order valence-corrected chi connectivity index (χ4v) is 4.73. The van der Waals surface area contributed by atoms with Crippen LogP contribution in [0.3, 0.4) is 0 Å². The van der Waals surface area contributed by atoms with Gasteiger partial charge in [0.2, 0.25) is 0 Å². The van der Waals surface area contributed by atoms with E-state index in [1.165, 1.54) is 0 Å². The molecule has 0 N–H and O–H groups in total. The second-order valence-electron chi connectivity index (χ2n) is 8.61. The van der Waals surface area contributed by atoms with E-state index < -0.39 is 0 Å². The third-order valence-electron chi connectivity index (χ3n) is 6.50. The molecule has 1 aliphatic rings.